The lowest BCUT2D eigenvalue weighted by atomic mass is 9.76. The van der Waals surface area contributed by atoms with Crippen molar-refractivity contribution < 1.29 is 9.53 Å². The molecular weight excluding hydrogens is 316 g/mol. The summed E-state index contributed by atoms with van der Waals surface area (Å²) in [5.41, 5.74) is 3.50. The molecule has 6 heteroatoms. The predicted octanol–water partition coefficient (Wildman–Crippen LogP) is 2.47. The second kappa shape index (κ2) is 6.52. The van der Waals surface area contributed by atoms with E-state index < -0.39 is 0 Å². The minimum absolute atomic E-state index is 0.0281. The summed E-state index contributed by atoms with van der Waals surface area (Å²) in [5, 5.41) is 7.29. The third kappa shape index (κ3) is 3.02. The topological polar surface area (TPSA) is 59.4 Å². The normalized spacial score (nSPS) is 18.4. The number of aromatic nitrogens is 2. The number of carbonyl (C=O) groups is 1. The van der Waals surface area contributed by atoms with E-state index in [9.17, 15) is 4.79 Å². The summed E-state index contributed by atoms with van der Waals surface area (Å²) in [4.78, 5) is 14.7. The van der Waals surface area contributed by atoms with Crippen LogP contribution in [0.4, 0.5) is 10.5 Å². The number of nitrogens with one attached hydrogen (secondary N) is 1. The highest BCUT2D eigenvalue weighted by molar-refractivity contribution is 5.95. The quantitative estimate of drug-likeness (QED) is 0.934. The van der Waals surface area contributed by atoms with Gasteiger partial charge in [0.25, 0.3) is 0 Å². The maximum Gasteiger partial charge on any atom is 0.321 e. The SMILES string of the molecule is Cc1cnn(CCNC(=O)N2CC3(CCOCC3)c3ccccc32)c1. The van der Waals surface area contributed by atoms with Crippen LogP contribution in [0, 0.1) is 6.92 Å². The number of hydrogen-bond acceptors (Lipinski definition) is 3. The first-order chi connectivity index (χ1) is 12.2. The zero-order valence-corrected chi connectivity index (χ0v) is 14.6. The minimum atomic E-state index is -0.0281. The van der Waals surface area contributed by atoms with Crippen LogP contribution in [0.15, 0.2) is 36.7 Å². The number of amides is 2. The maximum absolute atomic E-state index is 12.8. The molecule has 1 fully saturated rings. The average molecular weight is 340 g/mol. The van der Waals surface area contributed by atoms with E-state index in [4.69, 9.17) is 4.74 Å². The van der Waals surface area contributed by atoms with Gasteiger partial charge in [0.1, 0.15) is 0 Å². The van der Waals surface area contributed by atoms with Crippen LogP contribution in [0.25, 0.3) is 0 Å². The number of benzene rings is 1. The third-order valence-electron chi connectivity index (χ3n) is 5.30. The largest absolute Gasteiger partial charge is 0.381 e. The molecule has 0 bridgehead atoms. The van der Waals surface area contributed by atoms with E-state index in [1.807, 2.05) is 35.0 Å². The summed E-state index contributed by atoms with van der Waals surface area (Å²) >= 11 is 0. The van der Waals surface area contributed by atoms with Crippen LogP contribution < -0.4 is 10.2 Å². The fourth-order valence-corrected chi connectivity index (χ4v) is 3.96. The van der Waals surface area contributed by atoms with E-state index in [0.29, 0.717) is 13.1 Å². The molecule has 1 saturated heterocycles. The number of ether oxygens (including phenoxy) is 1. The molecule has 0 aliphatic carbocycles. The second-order valence-corrected chi connectivity index (χ2v) is 7.01. The molecule has 0 radical (unpaired) electrons. The number of carbonyl (C=O) groups excluding carboxylic acids is 1. The van der Waals surface area contributed by atoms with Gasteiger partial charge in [0.05, 0.1) is 12.7 Å². The van der Waals surface area contributed by atoms with Crippen molar-refractivity contribution in [2.24, 2.45) is 0 Å². The summed E-state index contributed by atoms with van der Waals surface area (Å²) in [6.45, 7) is 5.52. The van der Waals surface area contributed by atoms with Crippen LogP contribution >= 0.6 is 0 Å². The highest BCUT2D eigenvalue weighted by atomic mass is 16.5. The number of nitrogens with zero attached hydrogens (tertiary/aromatic N) is 3. The van der Waals surface area contributed by atoms with Gasteiger partial charge in [-0.25, -0.2) is 4.79 Å². The van der Waals surface area contributed by atoms with Crippen LogP contribution in [0.5, 0.6) is 0 Å². The van der Waals surface area contributed by atoms with Crippen LogP contribution in [0.2, 0.25) is 0 Å². The molecule has 1 aromatic carbocycles. The molecule has 3 heterocycles. The molecule has 0 atom stereocenters. The smallest absolute Gasteiger partial charge is 0.321 e. The summed E-state index contributed by atoms with van der Waals surface area (Å²) < 4.78 is 7.41. The monoisotopic (exact) mass is 340 g/mol. The van der Waals surface area contributed by atoms with E-state index >= 15 is 0 Å². The molecule has 0 saturated carbocycles. The Labute approximate surface area is 147 Å². The molecule has 2 aliphatic heterocycles. The molecule has 1 aromatic heterocycles. The van der Waals surface area contributed by atoms with Crippen molar-refractivity contribution in [3.63, 3.8) is 0 Å². The molecule has 0 unspecified atom stereocenters. The van der Waals surface area contributed by atoms with E-state index in [1.165, 1.54) is 5.56 Å². The Kier molecular flexibility index (Phi) is 4.21. The first-order valence-electron chi connectivity index (χ1n) is 8.90. The molecule has 25 heavy (non-hydrogen) atoms. The molecule has 132 valence electrons. The van der Waals surface area contributed by atoms with Crippen molar-refractivity contribution in [3.8, 4) is 0 Å². The van der Waals surface area contributed by atoms with Gasteiger partial charge in [-0.1, -0.05) is 18.2 Å². The van der Waals surface area contributed by atoms with Gasteiger partial charge in [-0.15, -0.1) is 0 Å². The van der Waals surface area contributed by atoms with E-state index in [2.05, 4.69) is 28.6 Å². The van der Waals surface area contributed by atoms with Gasteiger partial charge < -0.3 is 10.1 Å². The van der Waals surface area contributed by atoms with E-state index in [0.717, 1.165) is 43.9 Å². The van der Waals surface area contributed by atoms with Gasteiger partial charge in [-0.05, 0) is 37.0 Å². The van der Waals surface area contributed by atoms with Crippen LogP contribution in [-0.2, 0) is 16.7 Å². The summed E-state index contributed by atoms with van der Waals surface area (Å²) in [6.07, 6.45) is 5.75. The van der Waals surface area contributed by atoms with Crippen molar-refractivity contribution in [2.45, 2.75) is 31.7 Å². The fourth-order valence-electron chi connectivity index (χ4n) is 3.96. The van der Waals surface area contributed by atoms with E-state index in [1.54, 1.807) is 0 Å². The fraction of sp³-hybridized carbons (Fsp3) is 0.474. The van der Waals surface area contributed by atoms with Crippen molar-refractivity contribution in [1.29, 1.82) is 0 Å². The summed E-state index contributed by atoms with van der Waals surface area (Å²) in [5.74, 6) is 0. The lowest BCUT2D eigenvalue weighted by Crippen LogP contribution is -2.45. The lowest BCUT2D eigenvalue weighted by Gasteiger charge is -2.34. The second-order valence-electron chi connectivity index (χ2n) is 7.01. The molecule has 6 nitrogen and oxygen atoms in total. The first-order valence-corrected chi connectivity index (χ1v) is 8.90. The van der Waals surface area contributed by atoms with Crippen molar-refractivity contribution >= 4 is 11.7 Å². The van der Waals surface area contributed by atoms with Gasteiger partial charge in [-0.2, -0.15) is 5.10 Å². The van der Waals surface area contributed by atoms with Crippen molar-refractivity contribution in [3.05, 3.63) is 47.8 Å². The highest BCUT2D eigenvalue weighted by Crippen LogP contribution is 2.46. The van der Waals surface area contributed by atoms with Gasteiger partial charge >= 0.3 is 6.03 Å². The number of hydrogen-bond donors (Lipinski definition) is 1. The van der Waals surface area contributed by atoms with Crippen LogP contribution in [-0.4, -0.2) is 42.1 Å². The minimum Gasteiger partial charge on any atom is -0.381 e. The summed E-state index contributed by atoms with van der Waals surface area (Å²) in [6, 6.07) is 8.26. The number of rotatable bonds is 3. The van der Waals surface area contributed by atoms with Crippen molar-refractivity contribution in [1.82, 2.24) is 15.1 Å². The molecule has 2 aliphatic rings. The van der Waals surface area contributed by atoms with Gasteiger partial charge in [-0.3, -0.25) is 9.58 Å². The summed E-state index contributed by atoms with van der Waals surface area (Å²) in [7, 11) is 0. The molecule has 1 spiro atoms. The van der Waals surface area contributed by atoms with Gasteiger partial charge in [0, 0.05) is 43.6 Å². The number of fused-ring (bicyclic) bond motifs is 2. The molecule has 2 aromatic rings. The average Bonchev–Trinajstić information content (AvgIpc) is 3.18. The van der Waals surface area contributed by atoms with Crippen LogP contribution in [0.3, 0.4) is 0 Å². The Morgan fingerprint density at radius 1 is 1.32 bits per heavy atom. The number of para-hydroxylation sites is 1. The number of aryl methyl sites for hydroxylation is 1. The van der Waals surface area contributed by atoms with Crippen molar-refractivity contribution in [2.75, 3.05) is 31.2 Å². The molecule has 1 N–H and O–H groups in total. The zero-order chi connectivity index (χ0) is 17.3. The van der Waals surface area contributed by atoms with E-state index in [-0.39, 0.29) is 11.4 Å². The van der Waals surface area contributed by atoms with Gasteiger partial charge in [0.2, 0.25) is 0 Å². The standard InChI is InChI=1S/C19H24N4O2/c1-15-12-21-22(13-15)9-8-20-18(24)23-14-19(6-10-25-11-7-19)16-4-2-3-5-17(16)23/h2-5,12-13H,6-11,14H2,1H3,(H,20,24). The Morgan fingerprint density at radius 3 is 2.88 bits per heavy atom. The molecule has 4 rings (SSSR count). The van der Waals surface area contributed by atoms with Crippen LogP contribution in [0.1, 0.15) is 24.0 Å². The Bertz CT molecular complexity index is 764. The highest BCUT2D eigenvalue weighted by Gasteiger charge is 2.45. The first kappa shape index (κ1) is 16.1. The lowest BCUT2D eigenvalue weighted by molar-refractivity contribution is 0.0556. The molecule has 2 amide bonds. The number of anilines is 1. The Hall–Kier alpha value is -2.34. The Balaban J connectivity index is 1.45. The predicted molar refractivity (Wildman–Crippen MR) is 95.9 cm³/mol. The molecular formula is C19H24N4O2. The van der Waals surface area contributed by atoms with Gasteiger partial charge in [0.15, 0.2) is 0 Å². The Morgan fingerprint density at radius 2 is 2.12 bits per heavy atom. The number of urea groups is 1. The maximum atomic E-state index is 12.8. The zero-order valence-electron chi connectivity index (χ0n) is 14.6. The third-order valence-corrected chi connectivity index (χ3v) is 5.30.